The summed E-state index contributed by atoms with van der Waals surface area (Å²) in [6.45, 7) is 1.95. The Hall–Kier alpha value is -2.47. The Kier molecular flexibility index (Phi) is 4.29. The van der Waals surface area contributed by atoms with E-state index in [-0.39, 0.29) is 5.91 Å². The molecule has 3 aromatic rings. The number of nitrogens with one attached hydrogen (secondary N) is 1. The molecule has 0 fully saturated rings. The minimum Gasteiger partial charge on any atom is -0.441 e. The molecule has 0 saturated heterocycles. The van der Waals surface area contributed by atoms with Gasteiger partial charge in [0.25, 0.3) is 0 Å². The van der Waals surface area contributed by atoms with Crippen molar-refractivity contribution in [3.63, 3.8) is 0 Å². The highest BCUT2D eigenvalue weighted by atomic mass is 32.1. The number of aryl methyl sites for hydroxylation is 2. The van der Waals surface area contributed by atoms with Crippen LogP contribution in [0.1, 0.15) is 17.2 Å². The molecule has 3 rings (SSSR count). The van der Waals surface area contributed by atoms with Crippen LogP contribution in [-0.2, 0) is 11.2 Å². The van der Waals surface area contributed by atoms with Crippen molar-refractivity contribution in [2.24, 2.45) is 0 Å². The molecule has 0 aliphatic rings. The number of aromatic nitrogens is 2. The molecule has 0 aliphatic heterocycles. The Morgan fingerprint density at radius 1 is 1.23 bits per heavy atom. The fraction of sp³-hybridized carbons (Fsp3) is 0.188. The average Bonchev–Trinajstić information content (AvgIpc) is 3.15. The van der Waals surface area contributed by atoms with E-state index in [1.807, 2.05) is 37.3 Å². The lowest BCUT2D eigenvalue weighted by atomic mass is 10.2. The van der Waals surface area contributed by atoms with Crippen LogP contribution < -0.4 is 5.32 Å². The van der Waals surface area contributed by atoms with Crippen molar-refractivity contribution in [2.75, 3.05) is 5.32 Å². The molecular formula is C16H15N3O2S. The maximum Gasteiger partial charge on any atom is 0.226 e. The van der Waals surface area contributed by atoms with Gasteiger partial charge in [-0.1, -0.05) is 30.3 Å². The maximum atomic E-state index is 11.9. The number of hydrogen-bond acceptors (Lipinski definition) is 5. The number of rotatable bonds is 5. The van der Waals surface area contributed by atoms with Crippen molar-refractivity contribution in [1.29, 1.82) is 0 Å². The highest BCUT2D eigenvalue weighted by Crippen LogP contribution is 2.20. The standard InChI is InChI=1S/C16H15N3O2S/c1-11-9-18-16(22-11)19-14(20)7-8-15-17-10-13(21-15)12-5-3-2-4-6-12/h2-6,9-10H,7-8H2,1H3,(H,18,19,20). The fourth-order valence-corrected chi connectivity index (χ4v) is 2.66. The summed E-state index contributed by atoms with van der Waals surface area (Å²) in [7, 11) is 0. The van der Waals surface area contributed by atoms with Crippen LogP contribution >= 0.6 is 11.3 Å². The summed E-state index contributed by atoms with van der Waals surface area (Å²) in [6.07, 6.45) is 4.20. The Morgan fingerprint density at radius 3 is 2.77 bits per heavy atom. The van der Waals surface area contributed by atoms with Gasteiger partial charge in [-0.2, -0.15) is 0 Å². The van der Waals surface area contributed by atoms with Crippen molar-refractivity contribution in [3.05, 3.63) is 53.5 Å². The molecule has 2 heterocycles. The first-order valence-electron chi connectivity index (χ1n) is 6.93. The molecule has 112 valence electrons. The summed E-state index contributed by atoms with van der Waals surface area (Å²) in [6, 6.07) is 9.76. The van der Waals surface area contributed by atoms with Crippen molar-refractivity contribution < 1.29 is 9.21 Å². The summed E-state index contributed by atoms with van der Waals surface area (Å²) >= 11 is 1.46. The van der Waals surface area contributed by atoms with E-state index in [9.17, 15) is 4.79 Å². The molecule has 1 aromatic carbocycles. The monoisotopic (exact) mass is 313 g/mol. The molecule has 1 amide bonds. The Bertz CT molecular complexity index is 765. The van der Waals surface area contributed by atoms with E-state index < -0.39 is 0 Å². The first-order valence-corrected chi connectivity index (χ1v) is 7.75. The number of carbonyl (C=O) groups excluding carboxylic acids is 1. The van der Waals surface area contributed by atoms with E-state index in [0.29, 0.717) is 29.6 Å². The number of thiazole rings is 1. The van der Waals surface area contributed by atoms with Gasteiger partial charge in [0.15, 0.2) is 16.8 Å². The summed E-state index contributed by atoms with van der Waals surface area (Å²) in [5.74, 6) is 1.18. The van der Waals surface area contributed by atoms with Crippen LogP contribution in [0.3, 0.4) is 0 Å². The van der Waals surface area contributed by atoms with Gasteiger partial charge >= 0.3 is 0 Å². The molecule has 0 aliphatic carbocycles. The second-order valence-corrected chi connectivity index (χ2v) is 6.04. The lowest BCUT2D eigenvalue weighted by molar-refractivity contribution is -0.116. The fourth-order valence-electron chi connectivity index (χ4n) is 1.98. The highest BCUT2D eigenvalue weighted by Gasteiger charge is 2.10. The van der Waals surface area contributed by atoms with E-state index in [4.69, 9.17) is 4.42 Å². The van der Waals surface area contributed by atoms with Gasteiger partial charge in [0.2, 0.25) is 5.91 Å². The van der Waals surface area contributed by atoms with E-state index in [1.54, 1.807) is 12.4 Å². The van der Waals surface area contributed by atoms with Crippen LogP contribution in [0.25, 0.3) is 11.3 Å². The molecular weight excluding hydrogens is 298 g/mol. The van der Waals surface area contributed by atoms with Gasteiger partial charge in [-0.15, -0.1) is 11.3 Å². The molecule has 5 nitrogen and oxygen atoms in total. The molecule has 0 atom stereocenters. The van der Waals surface area contributed by atoms with Crippen LogP contribution in [-0.4, -0.2) is 15.9 Å². The average molecular weight is 313 g/mol. The Balaban J connectivity index is 1.56. The third-order valence-corrected chi connectivity index (χ3v) is 3.87. The molecule has 0 unspecified atom stereocenters. The zero-order valence-electron chi connectivity index (χ0n) is 12.1. The number of hydrogen-bond donors (Lipinski definition) is 1. The predicted octanol–water partition coefficient (Wildman–Crippen LogP) is 3.68. The third kappa shape index (κ3) is 3.59. The topological polar surface area (TPSA) is 68.0 Å². The number of benzene rings is 1. The molecule has 0 bridgehead atoms. The first-order chi connectivity index (χ1) is 10.7. The number of amides is 1. The molecule has 1 N–H and O–H groups in total. The minimum atomic E-state index is -0.0891. The lowest BCUT2D eigenvalue weighted by Crippen LogP contribution is -2.12. The summed E-state index contributed by atoms with van der Waals surface area (Å²) in [5.41, 5.74) is 0.976. The summed E-state index contributed by atoms with van der Waals surface area (Å²) < 4.78 is 5.67. The number of anilines is 1. The number of oxazole rings is 1. The van der Waals surface area contributed by atoms with Crippen molar-refractivity contribution in [1.82, 2.24) is 9.97 Å². The molecule has 22 heavy (non-hydrogen) atoms. The molecule has 0 spiro atoms. The molecule has 6 heteroatoms. The molecule has 2 aromatic heterocycles. The minimum absolute atomic E-state index is 0.0891. The van der Waals surface area contributed by atoms with Gasteiger partial charge in [-0.05, 0) is 6.92 Å². The Morgan fingerprint density at radius 2 is 2.05 bits per heavy atom. The van der Waals surface area contributed by atoms with Crippen LogP contribution in [0.5, 0.6) is 0 Å². The number of nitrogens with zero attached hydrogens (tertiary/aromatic N) is 2. The lowest BCUT2D eigenvalue weighted by Gasteiger charge is -1.99. The third-order valence-electron chi connectivity index (χ3n) is 3.05. The van der Waals surface area contributed by atoms with Gasteiger partial charge in [-0.25, -0.2) is 9.97 Å². The van der Waals surface area contributed by atoms with Gasteiger partial charge in [0.05, 0.1) is 6.20 Å². The Labute approximate surface area is 132 Å². The van der Waals surface area contributed by atoms with E-state index >= 15 is 0 Å². The summed E-state index contributed by atoms with van der Waals surface area (Å²) in [4.78, 5) is 21.2. The predicted molar refractivity (Wildman–Crippen MR) is 85.7 cm³/mol. The second kappa shape index (κ2) is 6.53. The van der Waals surface area contributed by atoms with Crippen LogP contribution in [0.4, 0.5) is 5.13 Å². The second-order valence-electron chi connectivity index (χ2n) is 4.81. The SMILES string of the molecule is Cc1cnc(NC(=O)CCc2ncc(-c3ccccc3)o2)s1. The van der Waals surface area contributed by atoms with Crippen LogP contribution in [0.2, 0.25) is 0 Å². The van der Waals surface area contributed by atoms with Crippen molar-refractivity contribution in [3.8, 4) is 11.3 Å². The zero-order chi connectivity index (χ0) is 15.4. The van der Waals surface area contributed by atoms with Gasteiger partial charge in [-0.3, -0.25) is 4.79 Å². The largest absolute Gasteiger partial charge is 0.441 e. The number of carbonyl (C=O) groups is 1. The van der Waals surface area contributed by atoms with Crippen LogP contribution in [0, 0.1) is 6.92 Å². The highest BCUT2D eigenvalue weighted by molar-refractivity contribution is 7.15. The van der Waals surface area contributed by atoms with E-state index in [0.717, 1.165) is 10.4 Å². The van der Waals surface area contributed by atoms with E-state index in [1.165, 1.54) is 11.3 Å². The smallest absolute Gasteiger partial charge is 0.226 e. The van der Waals surface area contributed by atoms with Gasteiger partial charge in [0, 0.05) is 29.5 Å². The van der Waals surface area contributed by atoms with E-state index in [2.05, 4.69) is 15.3 Å². The van der Waals surface area contributed by atoms with Crippen LogP contribution in [0.15, 0.2) is 47.1 Å². The van der Waals surface area contributed by atoms with Gasteiger partial charge < -0.3 is 9.73 Å². The van der Waals surface area contributed by atoms with Gasteiger partial charge in [0.1, 0.15) is 0 Å². The molecule has 0 saturated carbocycles. The van der Waals surface area contributed by atoms with Crippen molar-refractivity contribution >= 4 is 22.4 Å². The quantitative estimate of drug-likeness (QED) is 0.780. The normalized spacial score (nSPS) is 10.6. The maximum absolute atomic E-state index is 11.9. The summed E-state index contributed by atoms with van der Waals surface area (Å²) in [5, 5.41) is 3.40. The zero-order valence-corrected chi connectivity index (χ0v) is 12.9. The first kappa shape index (κ1) is 14.5. The molecule has 0 radical (unpaired) electrons. The van der Waals surface area contributed by atoms with Crippen molar-refractivity contribution in [2.45, 2.75) is 19.8 Å².